The minimum atomic E-state index is -1.10. The largest absolute Gasteiger partial charge is 0.466 e. The fraction of sp³-hybridized carbons (Fsp3) is 0.621. The lowest BCUT2D eigenvalue weighted by Crippen LogP contribution is -2.56. The highest BCUT2D eigenvalue weighted by Gasteiger charge is 2.79. The maximum absolute atomic E-state index is 14.5. The zero-order valence-corrected chi connectivity index (χ0v) is 22.5. The number of carbonyl (C=O) groups is 3. The van der Waals surface area contributed by atoms with Crippen molar-refractivity contribution in [1.82, 2.24) is 4.90 Å². The fourth-order valence-corrected chi connectivity index (χ4v) is 6.82. The normalized spacial score (nSPS) is 29.9. The van der Waals surface area contributed by atoms with Gasteiger partial charge in [-0.1, -0.05) is 25.1 Å². The number of hydrogen-bond acceptors (Lipinski definition) is 6. The Kier molecular flexibility index (Phi) is 7.81. The van der Waals surface area contributed by atoms with Crippen LogP contribution in [0.3, 0.4) is 0 Å². The number of hydrogen-bond donors (Lipinski definition) is 1. The number of fused-ring (bicyclic) bond motifs is 1. The average Bonchev–Trinajstić information content (AvgIpc) is 3.48. The highest BCUT2D eigenvalue weighted by Crippen LogP contribution is 2.64. The second kappa shape index (κ2) is 10.6. The number of esters is 1. The van der Waals surface area contributed by atoms with Crippen molar-refractivity contribution in [3.05, 3.63) is 42.0 Å². The molecule has 2 amide bonds. The van der Waals surface area contributed by atoms with Crippen LogP contribution in [0.5, 0.6) is 0 Å². The first-order valence-electron chi connectivity index (χ1n) is 13.5. The monoisotopic (exact) mass is 512 g/mol. The van der Waals surface area contributed by atoms with E-state index in [1.807, 2.05) is 39.0 Å². The molecule has 2 unspecified atom stereocenters. The van der Waals surface area contributed by atoms with Gasteiger partial charge in [0.15, 0.2) is 0 Å². The van der Waals surface area contributed by atoms with Crippen LogP contribution in [0.4, 0.5) is 5.69 Å². The summed E-state index contributed by atoms with van der Waals surface area (Å²) in [5.74, 6) is -2.41. The summed E-state index contributed by atoms with van der Waals surface area (Å²) in [5, 5.41) is 9.37. The summed E-state index contributed by atoms with van der Waals surface area (Å²) < 4.78 is 12.2. The van der Waals surface area contributed by atoms with E-state index in [1.165, 1.54) is 0 Å². The Balaban J connectivity index is 1.82. The molecule has 202 valence electrons. The van der Waals surface area contributed by atoms with Gasteiger partial charge in [0.1, 0.15) is 17.6 Å². The number of benzene rings is 1. The standard InChI is InChI=1S/C29H40N2O6/c1-6-15-30(21-18-19(4)11-12-20(21)5)26(34)24-29-14-13-28(7-2,37-29)23(27(35)36-8-3)22(29)25(33)31(24)16-9-10-17-32/h6,11-12,18,22-24,32H,1,7-10,13-17H2,2-5H3/t22-,23+,24?,28-,29?/m0/s1. The molecule has 1 aromatic carbocycles. The van der Waals surface area contributed by atoms with Crippen LogP contribution in [0.25, 0.3) is 0 Å². The summed E-state index contributed by atoms with van der Waals surface area (Å²) in [4.78, 5) is 45.2. The number of amides is 2. The molecule has 3 aliphatic rings. The molecule has 1 N–H and O–H groups in total. The first-order valence-corrected chi connectivity index (χ1v) is 13.5. The van der Waals surface area contributed by atoms with Gasteiger partial charge in [0, 0.05) is 25.4 Å². The Bertz CT molecular complexity index is 1070. The van der Waals surface area contributed by atoms with E-state index < -0.39 is 35.0 Å². The molecule has 8 heteroatoms. The Morgan fingerprint density at radius 1 is 1.27 bits per heavy atom. The van der Waals surface area contributed by atoms with Crippen molar-refractivity contribution in [2.45, 2.75) is 77.0 Å². The predicted octanol–water partition coefficient (Wildman–Crippen LogP) is 3.31. The van der Waals surface area contributed by atoms with Gasteiger partial charge >= 0.3 is 5.97 Å². The van der Waals surface area contributed by atoms with Crippen LogP contribution < -0.4 is 4.90 Å². The van der Waals surface area contributed by atoms with Crippen molar-refractivity contribution < 1.29 is 29.0 Å². The van der Waals surface area contributed by atoms with Gasteiger partial charge in [0.25, 0.3) is 5.91 Å². The maximum atomic E-state index is 14.5. The molecule has 0 aromatic heterocycles. The molecule has 1 spiro atoms. The van der Waals surface area contributed by atoms with Crippen molar-refractivity contribution >= 4 is 23.5 Å². The van der Waals surface area contributed by atoms with Crippen molar-refractivity contribution in [2.24, 2.45) is 11.8 Å². The first kappa shape index (κ1) is 27.3. The predicted molar refractivity (Wildman–Crippen MR) is 140 cm³/mol. The number of aliphatic hydroxyl groups is 1. The lowest BCUT2D eigenvalue weighted by molar-refractivity contribution is -0.160. The SMILES string of the molecule is C=CCN(C(=O)C1N(CCCCO)C(=O)[C@@H]2[C@H](C(=O)OCC)[C@]3(CC)CCC12O3)c1cc(C)ccc1C. The third kappa shape index (κ3) is 4.28. The van der Waals surface area contributed by atoms with E-state index in [1.54, 1.807) is 22.8 Å². The van der Waals surface area contributed by atoms with Gasteiger partial charge in [-0.3, -0.25) is 14.4 Å². The van der Waals surface area contributed by atoms with E-state index in [9.17, 15) is 19.5 Å². The zero-order chi connectivity index (χ0) is 27.0. The van der Waals surface area contributed by atoms with E-state index in [4.69, 9.17) is 9.47 Å². The van der Waals surface area contributed by atoms with Crippen LogP contribution >= 0.6 is 0 Å². The Hall–Kier alpha value is -2.71. The molecule has 8 nitrogen and oxygen atoms in total. The van der Waals surface area contributed by atoms with Crippen molar-refractivity contribution in [3.8, 4) is 0 Å². The number of ether oxygens (including phenoxy) is 2. The number of aliphatic hydroxyl groups excluding tert-OH is 1. The van der Waals surface area contributed by atoms with Gasteiger partial charge in [-0.05, 0) is 70.1 Å². The molecular weight excluding hydrogens is 472 g/mol. The van der Waals surface area contributed by atoms with Crippen LogP contribution in [0, 0.1) is 25.7 Å². The number of anilines is 1. The molecule has 3 saturated heterocycles. The highest BCUT2D eigenvalue weighted by molar-refractivity contribution is 6.05. The van der Waals surface area contributed by atoms with Crippen molar-refractivity contribution in [3.63, 3.8) is 0 Å². The van der Waals surface area contributed by atoms with Crippen LogP contribution in [-0.4, -0.2) is 71.3 Å². The highest BCUT2D eigenvalue weighted by atomic mass is 16.6. The van der Waals surface area contributed by atoms with Crippen LogP contribution in [0.2, 0.25) is 0 Å². The summed E-state index contributed by atoms with van der Waals surface area (Å²) in [6.45, 7) is 12.3. The molecule has 3 aliphatic heterocycles. The van der Waals surface area contributed by atoms with E-state index in [-0.39, 0.29) is 31.6 Å². The van der Waals surface area contributed by atoms with E-state index in [0.29, 0.717) is 38.6 Å². The summed E-state index contributed by atoms with van der Waals surface area (Å²) in [6, 6.07) is 5.08. The zero-order valence-electron chi connectivity index (χ0n) is 22.5. The number of aryl methyl sites for hydroxylation is 2. The molecule has 0 radical (unpaired) electrons. The van der Waals surface area contributed by atoms with Crippen LogP contribution in [-0.2, 0) is 23.9 Å². The topological polar surface area (TPSA) is 96.4 Å². The summed E-state index contributed by atoms with van der Waals surface area (Å²) >= 11 is 0. The molecule has 37 heavy (non-hydrogen) atoms. The maximum Gasteiger partial charge on any atom is 0.312 e. The minimum absolute atomic E-state index is 0.00118. The smallest absolute Gasteiger partial charge is 0.312 e. The Morgan fingerprint density at radius 3 is 2.68 bits per heavy atom. The van der Waals surface area contributed by atoms with Gasteiger partial charge < -0.3 is 24.4 Å². The van der Waals surface area contributed by atoms with Gasteiger partial charge in [0.05, 0.1) is 18.1 Å². The minimum Gasteiger partial charge on any atom is -0.466 e. The summed E-state index contributed by atoms with van der Waals surface area (Å²) in [5.41, 5.74) is 0.818. The molecule has 3 heterocycles. The average molecular weight is 513 g/mol. The van der Waals surface area contributed by atoms with E-state index in [2.05, 4.69) is 6.58 Å². The van der Waals surface area contributed by atoms with E-state index in [0.717, 1.165) is 16.8 Å². The second-order valence-electron chi connectivity index (χ2n) is 10.6. The lowest BCUT2D eigenvalue weighted by Gasteiger charge is -2.37. The van der Waals surface area contributed by atoms with Crippen molar-refractivity contribution in [1.29, 1.82) is 0 Å². The van der Waals surface area contributed by atoms with E-state index >= 15 is 0 Å². The molecule has 0 saturated carbocycles. The third-order valence-corrected chi connectivity index (χ3v) is 8.50. The van der Waals surface area contributed by atoms with Crippen molar-refractivity contribution in [2.75, 3.05) is 31.2 Å². The number of rotatable bonds is 11. The second-order valence-corrected chi connectivity index (χ2v) is 10.6. The quantitative estimate of drug-likeness (QED) is 0.278. The first-order chi connectivity index (χ1) is 17.7. The fourth-order valence-electron chi connectivity index (χ4n) is 6.82. The van der Waals surface area contributed by atoms with Gasteiger partial charge in [-0.25, -0.2) is 0 Å². The van der Waals surface area contributed by atoms with Gasteiger partial charge in [0.2, 0.25) is 5.91 Å². The Morgan fingerprint density at radius 2 is 2.03 bits per heavy atom. The van der Waals surface area contributed by atoms with Crippen LogP contribution in [0.1, 0.15) is 57.1 Å². The van der Waals surface area contributed by atoms with Gasteiger partial charge in [-0.2, -0.15) is 0 Å². The lowest BCUT2D eigenvalue weighted by atomic mass is 9.65. The van der Waals surface area contributed by atoms with Crippen LogP contribution in [0.15, 0.2) is 30.9 Å². The number of nitrogens with zero attached hydrogens (tertiary/aromatic N) is 2. The Labute approximate surface area is 219 Å². The molecular formula is C29H40N2O6. The molecule has 2 bridgehead atoms. The molecule has 4 rings (SSSR count). The summed E-state index contributed by atoms with van der Waals surface area (Å²) in [7, 11) is 0. The molecule has 0 aliphatic carbocycles. The molecule has 5 atom stereocenters. The number of carbonyl (C=O) groups excluding carboxylic acids is 3. The molecule has 1 aromatic rings. The van der Waals surface area contributed by atoms with Gasteiger partial charge in [-0.15, -0.1) is 6.58 Å². The number of likely N-dealkylation sites (tertiary alicyclic amines) is 1. The number of unbranched alkanes of at least 4 members (excludes halogenated alkanes) is 1. The molecule has 3 fully saturated rings. The third-order valence-electron chi connectivity index (χ3n) is 8.50. The summed E-state index contributed by atoms with van der Waals surface area (Å²) in [6.07, 6.45) is 4.41.